The minimum absolute atomic E-state index is 0.0620. The van der Waals surface area contributed by atoms with Crippen LogP contribution >= 0.6 is 11.6 Å². The third-order valence-electron chi connectivity index (χ3n) is 5.22. The summed E-state index contributed by atoms with van der Waals surface area (Å²) in [6.07, 6.45) is 0.321. The minimum Gasteiger partial charge on any atom is -0.348 e. The molecule has 4 aromatic rings. The van der Waals surface area contributed by atoms with Crippen LogP contribution in [0, 0.1) is 6.92 Å². The van der Waals surface area contributed by atoms with Crippen LogP contribution in [-0.2, 0) is 17.9 Å². The summed E-state index contributed by atoms with van der Waals surface area (Å²) in [5.41, 5.74) is 3.76. The third-order valence-corrected chi connectivity index (χ3v) is 5.59. The zero-order valence-corrected chi connectivity index (χ0v) is 18.4. The molecule has 0 spiro atoms. The van der Waals surface area contributed by atoms with Gasteiger partial charge in [0, 0.05) is 35.8 Å². The van der Waals surface area contributed by atoms with Crippen molar-refractivity contribution in [2.45, 2.75) is 26.4 Å². The minimum atomic E-state index is -0.193. The van der Waals surface area contributed by atoms with Gasteiger partial charge in [0.15, 0.2) is 0 Å². The number of aryl methyl sites for hydroxylation is 2. The highest BCUT2D eigenvalue weighted by Gasteiger charge is 2.13. The van der Waals surface area contributed by atoms with Crippen LogP contribution in [-0.4, -0.2) is 21.4 Å². The van der Waals surface area contributed by atoms with E-state index in [9.17, 15) is 9.59 Å². The van der Waals surface area contributed by atoms with Gasteiger partial charge in [0.2, 0.25) is 5.91 Å². The summed E-state index contributed by atoms with van der Waals surface area (Å²) in [5, 5.41) is 6.41. The summed E-state index contributed by atoms with van der Waals surface area (Å²) in [6, 6.07) is 22.2. The monoisotopic (exact) mass is 446 g/mol. The van der Waals surface area contributed by atoms with Crippen molar-refractivity contribution in [3.05, 3.63) is 94.8 Å². The van der Waals surface area contributed by atoms with Crippen molar-refractivity contribution in [1.29, 1.82) is 0 Å². The maximum absolute atomic E-state index is 12.6. The number of nitrogens with zero attached hydrogens (tertiary/aromatic N) is 2. The first-order valence-electron chi connectivity index (χ1n) is 10.3. The Morgan fingerprint density at radius 2 is 1.75 bits per heavy atom. The van der Waals surface area contributed by atoms with Crippen LogP contribution in [0.4, 0.5) is 5.69 Å². The van der Waals surface area contributed by atoms with Crippen molar-refractivity contribution < 1.29 is 9.59 Å². The molecule has 6 nitrogen and oxygen atoms in total. The highest BCUT2D eigenvalue weighted by Crippen LogP contribution is 2.19. The molecule has 0 atom stereocenters. The molecule has 2 N–H and O–H groups in total. The van der Waals surface area contributed by atoms with Crippen molar-refractivity contribution in [3.63, 3.8) is 0 Å². The average Bonchev–Trinajstić information content (AvgIpc) is 3.11. The smallest absolute Gasteiger partial charge is 0.251 e. The normalized spacial score (nSPS) is 10.8. The van der Waals surface area contributed by atoms with E-state index in [-0.39, 0.29) is 11.8 Å². The number of fused-ring (bicyclic) bond motifs is 1. The van der Waals surface area contributed by atoms with Crippen molar-refractivity contribution in [2.24, 2.45) is 0 Å². The number of halogens is 1. The Kier molecular flexibility index (Phi) is 6.52. The maximum Gasteiger partial charge on any atom is 0.251 e. The number of nitrogens with one attached hydrogen (secondary N) is 2. The topological polar surface area (TPSA) is 76.0 Å². The Morgan fingerprint density at radius 1 is 1.00 bits per heavy atom. The number of carbonyl (C=O) groups excluding carboxylic acids is 2. The molecule has 1 heterocycles. The number of imidazole rings is 1. The highest BCUT2D eigenvalue weighted by molar-refractivity contribution is 6.31. The number of hydrogen-bond acceptors (Lipinski definition) is 3. The van der Waals surface area contributed by atoms with E-state index in [2.05, 4.69) is 15.6 Å². The van der Waals surface area contributed by atoms with Crippen LogP contribution in [0.1, 0.15) is 28.2 Å². The van der Waals surface area contributed by atoms with Gasteiger partial charge in [0.1, 0.15) is 5.82 Å². The summed E-state index contributed by atoms with van der Waals surface area (Å²) >= 11 is 6.16. The lowest BCUT2D eigenvalue weighted by atomic mass is 10.1. The zero-order valence-electron chi connectivity index (χ0n) is 17.6. The summed E-state index contributed by atoms with van der Waals surface area (Å²) in [6.45, 7) is 2.74. The molecule has 2 amide bonds. The Bertz CT molecular complexity index is 1270. The highest BCUT2D eigenvalue weighted by atomic mass is 35.5. The molecule has 4 rings (SSSR count). The number of para-hydroxylation sites is 1. The number of benzene rings is 3. The van der Waals surface area contributed by atoms with Gasteiger partial charge < -0.3 is 15.2 Å². The maximum atomic E-state index is 12.6. The van der Waals surface area contributed by atoms with Crippen LogP contribution < -0.4 is 10.6 Å². The number of carbonyl (C=O) groups is 2. The molecule has 0 radical (unpaired) electrons. The van der Waals surface area contributed by atoms with Crippen molar-refractivity contribution >= 4 is 40.1 Å². The molecular formula is C25H23ClN4O2. The van der Waals surface area contributed by atoms with Crippen LogP contribution in [0.25, 0.3) is 11.0 Å². The molecule has 3 aromatic carbocycles. The van der Waals surface area contributed by atoms with Gasteiger partial charge >= 0.3 is 0 Å². The number of aromatic nitrogens is 2. The summed E-state index contributed by atoms with van der Waals surface area (Å²) in [4.78, 5) is 29.5. The van der Waals surface area contributed by atoms with Gasteiger partial charge in [0.05, 0.1) is 11.0 Å². The molecule has 0 fully saturated rings. The molecule has 0 aliphatic carbocycles. The number of rotatable bonds is 7. The first-order valence-corrected chi connectivity index (χ1v) is 10.7. The lowest BCUT2D eigenvalue weighted by molar-refractivity contribution is -0.116. The molecule has 162 valence electrons. The molecule has 1 aromatic heterocycles. The van der Waals surface area contributed by atoms with Gasteiger partial charge in [0.25, 0.3) is 5.91 Å². The van der Waals surface area contributed by atoms with E-state index in [0.29, 0.717) is 30.1 Å². The second kappa shape index (κ2) is 9.66. The van der Waals surface area contributed by atoms with Crippen molar-refractivity contribution in [3.8, 4) is 0 Å². The lowest BCUT2D eigenvalue weighted by Gasteiger charge is -2.09. The van der Waals surface area contributed by atoms with Crippen molar-refractivity contribution in [1.82, 2.24) is 14.9 Å². The largest absolute Gasteiger partial charge is 0.348 e. The van der Waals surface area contributed by atoms with Gasteiger partial charge in [-0.15, -0.1) is 0 Å². The Hall–Kier alpha value is -3.64. The van der Waals surface area contributed by atoms with Gasteiger partial charge in [-0.25, -0.2) is 4.98 Å². The number of hydrogen-bond donors (Lipinski definition) is 2. The SMILES string of the molecule is Cc1nc2cc(C(=O)NCc3ccccc3Cl)ccc2n1CCC(=O)Nc1ccccc1. The van der Waals surface area contributed by atoms with Crippen LogP contribution in [0.2, 0.25) is 5.02 Å². The third kappa shape index (κ3) is 4.98. The predicted molar refractivity (Wildman–Crippen MR) is 127 cm³/mol. The average molecular weight is 447 g/mol. The van der Waals surface area contributed by atoms with Crippen LogP contribution in [0.15, 0.2) is 72.8 Å². The van der Waals surface area contributed by atoms with Gasteiger partial charge in [-0.2, -0.15) is 0 Å². The standard InChI is InChI=1S/C25H23ClN4O2/c1-17-28-22-15-18(25(32)27-16-19-7-5-6-10-21(19)26)11-12-23(22)30(17)14-13-24(31)29-20-8-3-2-4-9-20/h2-12,15H,13-14,16H2,1H3,(H,27,32)(H,29,31). The van der Waals surface area contributed by atoms with E-state index in [0.717, 1.165) is 28.1 Å². The Labute approximate surface area is 191 Å². The molecule has 32 heavy (non-hydrogen) atoms. The molecule has 0 bridgehead atoms. The fourth-order valence-corrected chi connectivity index (χ4v) is 3.75. The fraction of sp³-hybridized carbons (Fsp3) is 0.160. The first-order chi connectivity index (χ1) is 15.5. The van der Waals surface area contributed by atoms with E-state index >= 15 is 0 Å². The Morgan fingerprint density at radius 3 is 2.53 bits per heavy atom. The molecule has 0 aliphatic rings. The van der Waals surface area contributed by atoms with Gasteiger partial charge in [-0.1, -0.05) is 48.0 Å². The number of amides is 2. The van der Waals surface area contributed by atoms with Crippen LogP contribution in [0.3, 0.4) is 0 Å². The predicted octanol–water partition coefficient (Wildman–Crippen LogP) is 4.96. The molecular weight excluding hydrogens is 424 g/mol. The first kappa shape index (κ1) is 21.6. The van der Waals surface area contributed by atoms with Gasteiger partial charge in [-0.05, 0) is 48.9 Å². The molecule has 0 saturated heterocycles. The summed E-state index contributed by atoms with van der Waals surface area (Å²) in [7, 11) is 0. The molecule has 0 saturated carbocycles. The number of anilines is 1. The second-order valence-electron chi connectivity index (χ2n) is 7.45. The van der Waals surface area contributed by atoms with E-state index in [1.165, 1.54) is 0 Å². The second-order valence-corrected chi connectivity index (χ2v) is 7.86. The Balaban J connectivity index is 1.42. The van der Waals surface area contributed by atoms with E-state index < -0.39 is 0 Å². The summed E-state index contributed by atoms with van der Waals surface area (Å²) < 4.78 is 1.99. The van der Waals surface area contributed by atoms with Crippen molar-refractivity contribution in [2.75, 3.05) is 5.32 Å². The molecule has 0 unspecified atom stereocenters. The fourth-order valence-electron chi connectivity index (χ4n) is 3.55. The zero-order chi connectivity index (χ0) is 22.5. The molecule has 7 heteroatoms. The lowest BCUT2D eigenvalue weighted by Crippen LogP contribution is -2.22. The van der Waals surface area contributed by atoms with Crippen LogP contribution in [0.5, 0.6) is 0 Å². The summed E-state index contributed by atoms with van der Waals surface area (Å²) in [5.74, 6) is 0.537. The quantitative estimate of drug-likeness (QED) is 0.421. The van der Waals surface area contributed by atoms with Gasteiger partial charge in [-0.3, -0.25) is 9.59 Å². The van der Waals surface area contributed by atoms with E-state index in [1.807, 2.05) is 66.1 Å². The van der Waals surface area contributed by atoms with E-state index in [4.69, 9.17) is 11.6 Å². The molecule has 0 aliphatic heterocycles. The van der Waals surface area contributed by atoms with E-state index in [1.54, 1.807) is 18.2 Å².